The topological polar surface area (TPSA) is 63.4 Å². The van der Waals surface area contributed by atoms with Crippen molar-refractivity contribution in [2.24, 2.45) is 5.73 Å². The van der Waals surface area contributed by atoms with Gasteiger partial charge in [0.2, 0.25) is 5.91 Å². The Balaban J connectivity index is 2.67. The number of rotatable bonds is 4. The largest absolute Gasteiger partial charge is 0.390 e. The van der Waals surface area contributed by atoms with Gasteiger partial charge in [-0.15, -0.1) is 0 Å². The molecule has 0 aliphatic carbocycles. The van der Waals surface area contributed by atoms with Gasteiger partial charge >= 0.3 is 6.18 Å². The normalized spacial score (nSPS) is 22.9. The van der Waals surface area contributed by atoms with Crippen molar-refractivity contribution in [2.45, 2.75) is 37.2 Å². The molecule has 8 heteroatoms. The van der Waals surface area contributed by atoms with E-state index in [0.29, 0.717) is 18.2 Å². The van der Waals surface area contributed by atoms with Crippen LogP contribution in [-0.4, -0.2) is 40.1 Å². The Hall–Kier alpha value is -0.920. The molecule has 1 heterocycles. The first-order valence-corrected chi connectivity index (χ1v) is 5.96. The Morgan fingerprint density at radius 2 is 2.24 bits per heavy atom. The van der Waals surface area contributed by atoms with E-state index in [0.717, 1.165) is 4.90 Å². The second-order valence-electron chi connectivity index (χ2n) is 3.80. The third-order valence-electron chi connectivity index (χ3n) is 2.45. The Morgan fingerprint density at radius 1 is 1.65 bits per heavy atom. The van der Waals surface area contributed by atoms with Crippen LogP contribution in [-0.2, 0) is 4.79 Å². The fourth-order valence-electron chi connectivity index (χ4n) is 1.74. The first-order chi connectivity index (χ1) is 7.74. The average Bonchev–Trinajstić information content (AvgIpc) is 2.44. The summed E-state index contributed by atoms with van der Waals surface area (Å²) in [6.07, 6.45) is -5.03. The molecule has 2 atom stereocenters. The number of nitrogens with zero attached hydrogens (tertiary/aromatic N) is 1. The number of thioether (sulfide) groups is 1. The van der Waals surface area contributed by atoms with Crippen molar-refractivity contribution < 1.29 is 22.8 Å². The summed E-state index contributed by atoms with van der Waals surface area (Å²) in [7, 11) is 0. The van der Waals surface area contributed by atoms with E-state index >= 15 is 0 Å². The van der Waals surface area contributed by atoms with E-state index in [1.54, 1.807) is 6.92 Å². The van der Waals surface area contributed by atoms with Crippen molar-refractivity contribution in [1.82, 2.24) is 4.90 Å². The lowest BCUT2D eigenvalue weighted by atomic mass is 10.1. The zero-order valence-corrected chi connectivity index (χ0v) is 9.98. The number of carbonyl (C=O) groups excluding carboxylic acids is 2. The smallest absolute Gasteiger partial charge is 0.368 e. The van der Waals surface area contributed by atoms with Crippen LogP contribution < -0.4 is 5.73 Å². The predicted octanol–water partition coefficient (Wildman–Crippen LogP) is 1.74. The number of carbonyl (C=O) groups is 2. The molecule has 1 saturated heterocycles. The first kappa shape index (κ1) is 14.1. The van der Waals surface area contributed by atoms with Crippen molar-refractivity contribution in [3.8, 4) is 0 Å². The number of hydrogen-bond donors (Lipinski definition) is 1. The van der Waals surface area contributed by atoms with Crippen LogP contribution in [0.4, 0.5) is 18.0 Å². The molecule has 0 aromatic rings. The minimum absolute atomic E-state index is 0.0789. The molecule has 1 fully saturated rings. The lowest BCUT2D eigenvalue weighted by Gasteiger charge is -2.23. The van der Waals surface area contributed by atoms with Crippen LogP contribution in [0, 0.1) is 0 Å². The summed E-state index contributed by atoms with van der Waals surface area (Å²) < 4.78 is 36.5. The van der Waals surface area contributed by atoms with Gasteiger partial charge in [0.15, 0.2) is 0 Å². The molecule has 1 aliphatic heterocycles. The lowest BCUT2D eigenvalue weighted by Crippen LogP contribution is -2.45. The molecular weight excluding hydrogens is 257 g/mol. The summed E-state index contributed by atoms with van der Waals surface area (Å²) >= 11 is 0.621. The number of nitrogens with two attached hydrogens (primary N) is 1. The van der Waals surface area contributed by atoms with Crippen LogP contribution in [0.15, 0.2) is 0 Å². The van der Waals surface area contributed by atoms with Gasteiger partial charge in [-0.25, -0.2) is 0 Å². The molecule has 0 aromatic carbocycles. The van der Waals surface area contributed by atoms with Crippen molar-refractivity contribution in [3.63, 3.8) is 0 Å². The lowest BCUT2D eigenvalue weighted by molar-refractivity contribution is -0.134. The summed E-state index contributed by atoms with van der Waals surface area (Å²) in [5.41, 5.74) is 5.10. The molecule has 0 bridgehead atoms. The van der Waals surface area contributed by atoms with Gasteiger partial charge in [0.05, 0.1) is 6.42 Å². The maximum Gasteiger partial charge on any atom is 0.390 e. The quantitative estimate of drug-likeness (QED) is 0.846. The third kappa shape index (κ3) is 3.79. The summed E-state index contributed by atoms with van der Waals surface area (Å²) in [4.78, 5) is 23.7. The van der Waals surface area contributed by atoms with E-state index in [1.165, 1.54) is 0 Å². The molecule has 0 aromatic heterocycles. The zero-order valence-electron chi connectivity index (χ0n) is 9.16. The first-order valence-electron chi connectivity index (χ1n) is 5.08. The van der Waals surface area contributed by atoms with Crippen LogP contribution in [0.1, 0.15) is 19.8 Å². The summed E-state index contributed by atoms with van der Waals surface area (Å²) in [5.74, 6) is -0.686. The van der Waals surface area contributed by atoms with Gasteiger partial charge in [0.25, 0.3) is 5.24 Å². The minimum atomic E-state index is -4.30. The molecule has 0 saturated carbocycles. The second kappa shape index (κ2) is 5.16. The Bertz CT molecular complexity index is 322. The van der Waals surface area contributed by atoms with Crippen molar-refractivity contribution in [2.75, 3.05) is 6.54 Å². The maximum absolute atomic E-state index is 12.2. The molecule has 0 radical (unpaired) electrons. The van der Waals surface area contributed by atoms with Crippen LogP contribution in [0.2, 0.25) is 0 Å². The van der Waals surface area contributed by atoms with Gasteiger partial charge in [-0.05, 0) is 6.42 Å². The molecule has 1 rings (SSSR count). The van der Waals surface area contributed by atoms with Crippen molar-refractivity contribution in [3.05, 3.63) is 0 Å². The van der Waals surface area contributed by atoms with Gasteiger partial charge < -0.3 is 10.6 Å². The van der Waals surface area contributed by atoms with Crippen molar-refractivity contribution in [1.29, 1.82) is 0 Å². The van der Waals surface area contributed by atoms with Gasteiger partial charge in [0, 0.05) is 11.8 Å². The van der Waals surface area contributed by atoms with E-state index in [-0.39, 0.29) is 6.54 Å². The molecule has 17 heavy (non-hydrogen) atoms. The number of halogens is 3. The van der Waals surface area contributed by atoms with Gasteiger partial charge in [-0.2, -0.15) is 13.2 Å². The van der Waals surface area contributed by atoms with Crippen LogP contribution >= 0.6 is 11.8 Å². The van der Waals surface area contributed by atoms with Crippen molar-refractivity contribution >= 4 is 22.9 Å². The second-order valence-corrected chi connectivity index (χ2v) is 5.06. The number of primary amides is 1. The number of hydrogen-bond acceptors (Lipinski definition) is 3. The van der Waals surface area contributed by atoms with Gasteiger partial charge in [-0.1, -0.05) is 18.7 Å². The van der Waals surface area contributed by atoms with E-state index in [9.17, 15) is 22.8 Å². The predicted molar refractivity (Wildman–Crippen MR) is 57.4 cm³/mol. The molecule has 2 amide bonds. The molecule has 98 valence electrons. The van der Waals surface area contributed by atoms with E-state index in [2.05, 4.69) is 0 Å². The third-order valence-corrected chi connectivity index (χ3v) is 3.54. The molecule has 1 aliphatic rings. The maximum atomic E-state index is 12.2. The minimum Gasteiger partial charge on any atom is -0.368 e. The van der Waals surface area contributed by atoms with Crippen LogP contribution in [0.5, 0.6) is 0 Å². The Morgan fingerprint density at radius 3 is 2.65 bits per heavy atom. The highest BCUT2D eigenvalue weighted by Crippen LogP contribution is 2.35. The molecule has 4 nitrogen and oxygen atoms in total. The van der Waals surface area contributed by atoms with Crippen LogP contribution in [0.3, 0.4) is 0 Å². The fourth-order valence-corrected chi connectivity index (χ4v) is 2.87. The average molecular weight is 270 g/mol. The summed E-state index contributed by atoms with van der Waals surface area (Å²) in [6.45, 7) is 1.58. The van der Waals surface area contributed by atoms with Gasteiger partial charge in [-0.3, -0.25) is 9.59 Å². The highest BCUT2D eigenvalue weighted by molar-refractivity contribution is 8.14. The highest BCUT2D eigenvalue weighted by atomic mass is 32.2. The van der Waals surface area contributed by atoms with Gasteiger partial charge in [0.1, 0.15) is 6.04 Å². The molecular formula is C9H13F3N2O2S. The van der Waals surface area contributed by atoms with Crippen LogP contribution in [0.25, 0.3) is 0 Å². The number of amides is 2. The summed E-state index contributed by atoms with van der Waals surface area (Å²) in [5, 5.41) is -1.36. The standard InChI is InChI=1S/C9H13F3N2O2S/c1-2-6(7(13)15)14-4-5(17-8(14)16)3-9(10,11)12/h5-6H,2-4H2,1H3,(H2,13,15)/t5?,6-/m0/s1. The van der Waals surface area contributed by atoms with E-state index in [4.69, 9.17) is 5.73 Å². The molecule has 1 unspecified atom stereocenters. The Labute approximate surface area is 101 Å². The SMILES string of the molecule is CC[C@@H](C(N)=O)N1CC(CC(F)(F)F)SC1=O. The molecule has 2 N–H and O–H groups in total. The highest BCUT2D eigenvalue weighted by Gasteiger charge is 2.42. The monoisotopic (exact) mass is 270 g/mol. The van der Waals surface area contributed by atoms with E-state index < -0.39 is 35.0 Å². The zero-order chi connectivity index (χ0) is 13.2. The van der Waals surface area contributed by atoms with E-state index in [1.807, 2.05) is 0 Å². The summed E-state index contributed by atoms with van der Waals surface area (Å²) in [6, 6.07) is -0.812. The Kier molecular flexibility index (Phi) is 4.29. The fraction of sp³-hybridized carbons (Fsp3) is 0.778. The number of alkyl halides is 3. The molecule has 0 spiro atoms.